The van der Waals surface area contributed by atoms with Crippen LogP contribution in [0.4, 0.5) is 0 Å². The van der Waals surface area contributed by atoms with E-state index in [2.05, 4.69) is 10.2 Å². The summed E-state index contributed by atoms with van der Waals surface area (Å²) in [4.78, 5) is 14.3. The van der Waals surface area contributed by atoms with Gasteiger partial charge in [0.1, 0.15) is 0 Å². The largest absolute Gasteiger partial charge is 0.338 e. The number of likely N-dealkylation sites (tertiary alicyclic amines) is 1. The summed E-state index contributed by atoms with van der Waals surface area (Å²) in [6.45, 7) is 1.93. The fourth-order valence-corrected chi connectivity index (χ4v) is 3.60. The number of rotatable bonds is 6. The molecule has 0 spiro atoms. The van der Waals surface area contributed by atoms with Crippen molar-refractivity contribution in [1.82, 2.24) is 10.2 Å². The number of nitrogens with one attached hydrogen (secondary N) is 1. The zero-order valence-corrected chi connectivity index (χ0v) is 11.8. The van der Waals surface area contributed by atoms with Crippen LogP contribution in [0.15, 0.2) is 0 Å². The van der Waals surface area contributed by atoms with Gasteiger partial charge < -0.3 is 10.2 Å². The third kappa shape index (κ3) is 3.71. The summed E-state index contributed by atoms with van der Waals surface area (Å²) >= 11 is 0. The molecule has 1 heterocycles. The molecule has 18 heavy (non-hydrogen) atoms. The number of carbonyl (C=O) groups excluding carboxylic acids is 1. The van der Waals surface area contributed by atoms with E-state index in [-0.39, 0.29) is 0 Å². The Balaban J connectivity index is 1.66. The van der Waals surface area contributed by atoms with E-state index in [0.717, 1.165) is 31.8 Å². The van der Waals surface area contributed by atoms with Gasteiger partial charge in [0.15, 0.2) is 0 Å². The van der Waals surface area contributed by atoms with Gasteiger partial charge in [-0.2, -0.15) is 0 Å². The van der Waals surface area contributed by atoms with Crippen molar-refractivity contribution in [3.05, 3.63) is 0 Å². The van der Waals surface area contributed by atoms with Crippen LogP contribution in [0.5, 0.6) is 0 Å². The van der Waals surface area contributed by atoms with Gasteiger partial charge in [0, 0.05) is 25.6 Å². The van der Waals surface area contributed by atoms with Crippen molar-refractivity contribution in [2.45, 2.75) is 63.8 Å². The Bertz CT molecular complexity index is 261. The standard InChI is InChI=1S/C15H28N2O/c1-16-12-14-9-5-11-17(14)15(18)10-4-8-13-6-2-3-7-13/h13-14,16H,2-12H2,1H3. The molecule has 1 saturated carbocycles. The quantitative estimate of drug-likeness (QED) is 0.788. The minimum atomic E-state index is 0.394. The summed E-state index contributed by atoms with van der Waals surface area (Å²) in [5, 5.41) is 3.20. The average molecular weight is 252 g/mol. The topological polar surface area (TPSA) is 32.3 Å². The molecule has 1 N–H and O–H groups in total. The van der Waals surface area contributed by atoms with Crippen LogP contribution in [0.25, 0.3) is 0 Å². The summed E-state index contributed by atoms with van der Waals surface area (Å²) in [6.07, 6.45) is 11.1. The summed E-state index contributed by atoms with van der Waals surface area (Å²) in [5.74, 6) is 1.32. The van der Waals surface area contributed by atoms with E-state index in [1.54, 1.807) is 0 Å². The van der Waals surface area contributed by atoms with Crippen molar-refractivity contribution in [2.75, 3.05) is 20.1 Å². The number of amides is 1. The third-order valence-electron chi connectivity index (χ3n) is 4.61. The Kier molecular flexibility index (Phi) is 5.48. The van der Waals surface area contributed by atoms with Crippen LogP contribution in [0.1, 0.15) is 57.8 Å². The van der Waals surface area contributed by atoms with E-state index in [4.69, 9.17) is 0 Å². The number of hydrogen-bond donors (Lipinski definition) is 1. The van der Waals surface area contributed by atoms with E-state index in [1.807, 2.05) is 7.05 Å². The molecule has 104 valence electrons. The lowest BCUT2D eigenvalue weighted by Gasteiger charge is -2.24. The van der Waals surface area contributed by atoms with E-state index >= 15 is 0 Å². The SMILES string of the molecule is CNCC1CCCN1C(=O)CCCC1CCCC1. The maximum Gasteiger partial charge on any atom is 0.222 e. The fraction of sp³-hybridized carbons (Fsp3) is 0.933. The lowest BCUT2D eigenvalue weighted by atomic mass is 10.0. The molecule has 3 nitrogen and oxygen atoms in total. The van der Waals surface area contributed by atoms with Crippen LogP contribution in [-0.4, -0.2) is 37.0 Å². The molecule has 0 aromatic heterocycles. The van der Waals surface area contributed by atoms with Gasteiger partial charge >= 0.3 is 0 Å². The molecular weight excluding hydrogens is 224 g/mol. The minimum absolute atomic E-state index is 0.394. The molecule has 2 fully saturated rings. The Hall–Kier alpha value is -0.570. The molecular formula is C15H28N2O. The predicted octanol–water partition coefficient (Wildman–Crippen LogP) is 2.56. The Labute approximate surface area is 111 Å². The molecule has 0 radical (unpaired) electrons. The molecule has 2 aliphatic rings. The molecule has 1 saturated heterocycles. The Morgan fingerprint density at radius 2 is 2.00 bits per heavy atom. The lowest BCUT2D eigenvalue weighted by Crippen LogP contribution is -2.40. The molecule has 1 aliphatic heterocycles. The summed E-state index contributed by atoms with van der Waals surface area (Å²) < 4.78 is 0. The lowest BCUT2D eigenvalue weighted by molar-refractivity contribution is -0.132. The molecule has 3 heteroatoms. The normalized spacial score (nSPS) is 24.9. The second-order valence-corrected chi connectivity index (χ2v) is 5.98. The van der Waals surface area contributed by atoms with Gasteiger partial charge in [0.05, 0.1) is 0 Å². The molecule has 1 aliphatic carbocycles. The second kappa shape index (κ2) is 7.13. The maximum atomic E-state index is 12.2. The molecule has 1 atom stereocenters. The highest BCUT2D eigenvalue weighted by atomic mass is 16.2. The molecule has 0 aromatic rings. The van der Waals surface area contributed by atoms with Crippen molar-refractivity contribution in [1.29, 1.82) is 0 Å². The smallest absolute Gasteiger partial charge is 0.222 e. The van der Waals surface area contributed by atoms with Gasteiger partial charge in [-0.25, -0.2) is 0 Å². The molecule has 2 rings (SSSR count). The van der Waals surface area contributed by atoms with Crippen LogP contribution >= 0.6 is 0 Å². The second-order valence-electron chi connectivity index (χ2n) is 5.98. The van der Waals surface area contributed by atoms with Gasteiger partial charge in [-0.05, 0) is 38.6 Å². The predicted molar refractivity (Wildman–Crippen MR) is 74.5 cm³/mol. The van der Waals surface area contributed by atoms with E-state index in [0.29, 0.717) is 11.9 Å². The maximum absolute atomic E-state index is 12.2. The van der Waals surface area contributed by atoms with E-state index in [9.17, 15) is 4.79 Å². The first-order valence-electron chi connectivity index (χ1n) is 7.75. The summed E-state index contributed by atoms with van der Waals surface area (Å²) in [6, 6.07) is 0.453. The van der Waals surface area contributed by atoms with Crippen molar-refractivity contribution in [2.24, 2.45) is 5.92 Å². The van der Waals surface area contributed by atoms with Gasteiger partial charge in [0.25, 0.3) is 0 Å². The Morgan fingerprint density at radius 3 is 2.72 bits per heavy atom. The van der Waals surface area contributed by atoms with Gasteiger partial charge in [-0.1, -0.05) is 25.7 Å². The van der Waals surface area contributed by atoms with Gasteiger partial charge in [0.2, 0.25) is 5.91 Å². The van der Waals surface area contributed by atoms with Crippen LogP contribution in [-0.2, 0) is 4.79 Å². The highest BCUT2D eigenvalue weighted by molar-refractivity contribution is 5.76. The first kappa shape index (κ1) is 13.9. The Morgan fingerprint density at radius 1 is 1.22 bits per heavy atom. The molecule has 0 bridgehead atoms. The minimum Gasteiger partial charge on any atom is -0.338 e. The van der Waals surface area contributed by atoms with Crippen LogP contribution in [0.2, 0.25) is 0 Å². The van der Waals surface area contributed by atoms with Crippen molar-refractivity contribution in [3.63, 3.8) is 0 Å². The van der Waals surface area contributed by atoms with Crippen LogP contribution in [0, 0.1) is 5.92 Å². The van der Waals surface area contributed by atoms with Crippen LogP contribution in [0.3, 0.4) is 0 Å². The monoisotopic (exact) mass is 252 g/mol. The number of likely N-dealkylation sites (N-methyl/N-ethyl adjacent to an activating group) is 1. The zero-order chi connectivity index (χ0) is 12.8. The summed E-state index contributed by atoms with van der Waals surface area (Å²) in [7, 11) is 1.97. The van der Waals surface area contributed by atoms with Gasteiger partial charge in [-0.15, -0.1) is 0 Å². The molecule has 0 aromatic carbocycles. The summed E-state index contributed by atoms with van der Waals surface area (Å²) in [5.41, 5.74) is 0. The van der Waals surface area contributed by atoms with Crippen molar-refractivity contribution in [3.8, 4) is 0 Å². The third-order valence-corrected chi connectivity index (χ3v) is 4.61. The highest BCUT2D eigenvalue weighted by Crippen LogP contribution is 2.29. The molecule has 1 amide bonds. The fourth-order valence-electron chi connectivity index (χ4n) is 3.60. The first-order valence-corrected chi connectivity index (χ1v) is 7.75. The zero-order valence-electron chi connectivity index (χ0n) is 11.8. The highest BCUT2D eigenvalue weighted by Gasteiger charge is 2.27. The number of carbonyl (C=O) groups is 1. The van der Waals surface area contributed by atoms with Crippen molar-refractivity contribution >= 4 is 5.91 Å². The molecule has 1 unspecified atom stereocenters. The van der Waals surface area contributed by atoms with Crippen LogP contribution < -0.4 is 5.32 Å². The van der Waals surface area contributed by atoms with Crippen molar-refractivity contribution < 1.29 is 4.79 Å². The first-order chi connectivity index (χ1) is 8.81. The van der Waals surface area contributed by atoms with Gasteiger partial charge in [-0.3, -0.25) is 4.79 Å². The average Bonchev–Trinajstić information content (AvgIpc) is 3.00. The number of nitrogens with zero attached hydrogens (tertiary/aromatic N) is 1. The van der Waals surface area contributed by atoms with E-state index < -0.39 is 0 Å². The van der Waals surface area contributed by atoms with E-state index in [1.165, 1.54) is 44.9 Å². The number of hydrogen-bond acceptors (Lipinski definition) is 2.